The molecule has 0 aliphatic heterocycles. The predicted molar refractivity (Wildman–Crippen MR) is 135 cm³/mol. The van der Waals surface area contributed by atoms with Gasteiger partial charge < -0.3 is 19.8 Å². The number of halogens is 1. The molecule has 2 amide bonds. The first-order valence-corrected chi connectivity index (χ1v) is 11.2. The molecule has 0 aliphatic carbocycles. The number of nitrogens with one attached hydrogen (secondary N) is 2. The fourth-order valence-electron chi connectivity index (χ4n) is 3.07. The highest BCUT2D eigenvalue weighted by Gasteiger charge is 2.14. The average molecular weight is 488 g/mol. The summed E-state index contributed by atoms with van der Waals surface area (Å²) in [6.07, 6.45) is 1.58. The molecule has 0 bridgehead atoms. The summed E-state index contributed by atoms with van der Waals surface area (Å²) in [4.78, 5) is 28.5. The lowest BCUT2D eigenvalue weighted by Gasteiger charge is -2.06. The standard InChI is InChI=1S/C27H22ClN3O4/c28-20-7-4-8-22(15-20)31-27(33)26(32)30-17-25-14-13-24(35-25)16-29-21-9-11-23(12-10-21)34-18-19-5-2-1-3-6-19/h1-16H,17-18H2,(H,30,32)(H,31,33). The van der Waals surface area contributed by atoms with Crippen LogP contribution in [0.5, 0.6) is 5.75 Å². The van der Waals surface area contributed by atoms with Crippen LogP contribution in [0.25, 0.3) is 0 Å². The Hall–Kier alpha value is -4.36. The molecule has 3 aromatic carbocycles. The molecule has 1 heterocycles. The Morgan fingerprint density at radius 2 is 1.71 bits per heavy atom. The Labute approximate surface area is 207 Å². The Morgan fingerprint density at radius 3 is 2.49 bits per heavy atom. The fraction of sp³-hybridized carbons (Fsp3) is 0.0741. The van der Waals surface area contributed by atoms with Crippen molar-refractivity contribution in [3.8, 4) is 5.75 Å². The van der Waals surface area contributed by atoms with E-state index in [1.54, 1.807) is 42.6 Å². The average Bonchev–Trinajstić information content (AvgIpc) is 3.34. The fourth-order valence-corrected chi connectivity index (χ4v) is 3.26. The van der Waals surface area contributed by atoms with Crippen molar-refractivity contribution in [3.63, 3.8) is 0 Å². The Bertz CT molecular complexity index is 1320. The molecule has 0 unspecified atom stereocenters. The molecular weight excluding hydrogens is 466 g/mol. The summed E-state index contributed by atoms with van der Waals surface area (Å²) in [5.41, 5.74) is 2.27. The number of hydrogen-bond acceptors (Lipinski definition) is 5. The summed E-state index contributed by atoms with van der Waals surface area (Å²) in [6.45, 7) is 0.556. The molecule has 8 heteroatoms. The molecular formula is C27H22ClN3O4. The smallest absolute Gasteiger partial charge is 0.313 e. The van der Waals surface area contributed by atoms with E-state index >= 15 is 0 Å². The van der Waals surface area contributed by atoms with Crippen molar-refractivity contribution in [3.05, 3.63) is 113 Å². The van der Waals surface area contributed by atoms with Gasteiger partial charge in [-0.15, -0.1) is 0 Å². The van der Waals surface area contributed by atoms with Crippen molar-refractivity contribution in [2.45, 2.75) is 13.2 Å². The maximum Gasteiger partial charge on any atom is 0.313 e. The second kappa shape index (κ2) is 11.7. The van der Waals surface area contributed by atoms with Crippen molar-refractivity contribution >= 4 is 41.0 Å². The monoisotopic (exact) mass is 487 g/mol. The predicted octanol–water partition coefficient (Wildman–Crippen LogP) is 5.52. The third-order valence-electron chi connectivity index (χ3n) is 4.82. The van der Waals surface area contributed by atoms with Gasteiger partial charge in [-0.05, 0) is 60.2 Å². The van der Waals surface area contributed by atoms with E-state index in [-0.39, 0.29) is 6.54 Å². The van der Waals surface area contributed by atoms with Gasteiger partial charge in [-0.25, -0.2) is 0 Å². The minimum Gasteiger partial charge on any atom is -0.489 e. The number of aliphatic imine (C=N–C) groups is 1. The molecule has 0 atom stereocenters. The zero-order valence-corrected chi connectivity index (χ0v) is 19.4. The number of furan rings is 1. The molecule has 35 heavy (non-hydrogen) atoms. The molecule has 176 valence electrons. The van der Waals surface area contributed by atoms with E-state index in [0.717, 1.165) is 17.0 Å². The molecule has 0 fully saturated rings. The van der Waals surface area contributed by atoms with E-state index in [0.29, 0.717) is 28.8 Å². The number of amides is 2. The van der Waals surface area contributed by atoms with Crippen LogP contribution in [0.1, 0.15) is 17.1 Å². The number of anilines is 1. The van der Waals surface area contributed by atoms with Gasteiger partial charge in [0.15, 0.2) is 0 Å². The topological polar surface area (TPSA) is 92.9 Å². The van der Waals surface area contributed by atoms with Gasteiger partial charge in [-0.3, -0.25) is 14.6 Å². The van der Waals surface area contributed by atoms with Crippen LogP contribution in [0, 0.1) is 0 Å². The van der Waals surface area contributed by atoms with Crippen LogP contribution in [0.4, 0.5) is 11.4 Å². The third kappa shape index (κ3) is 7.31. The Morgan fingerprint density at radius 1 is 0.914 bits per heavy atom. The first kappa shape index (κ1) is 23.8. The zero-order chi connectivity index (χ0) is 24.5. The van der Waals surface area contributed by atoms with Crippen LogP contribution in [0.2, 0.25) is 5.02 Å². The van der Waals surface area contributed by atoms with Gasteiger partial charge >= 0.3 is 11.8 Å². The second-order valence-electron chi connectivity index (χ2n) is 7.48. The van der Waals surface area contributed by atoms with E-state index in [2.05, 4.69) is 15.6 Å². The lowest BCUT2D eigenvalue weighted by Crippen LogP contribution is -2.34. The third-order valence-corrected chi connectivity index (χ3v) is 5.06. The van der Waals surface area contributed by atoms with Gasteiger partial charge in [-0.2, -0.15) is 0 Å². The molecule has 0 saturated carbocycles. The maximum atomic E-state index is 12.0. The molecule has 0 radical (unpaired) electrons. The number of carbonyl (C=O) groups is 2. The van der Waals surface area contributed by atoms with E-state index in [1.807, 2.05) is 54.6 Å². The number of rotatable bonds is 8. The summed E-state index contributed by atoms with van der Waals surface area (Å²) in [5, 5.41) is 5.46. The minimum atomic E-state index is -0.795. The minimum absolute atomic E-state index is 0.0586. The van der Waals surface area contributed by atoms with Crippen LogP contribution in [-0.2, 0) is 22.7 Å². The van der Waals surface area contributed by atoms with Crippen LogP contribution >= 0.6 is 11.6 Å². The van der Waals surface area contributed by atoms with Gasteiger partial charge in [0, 0.05) is 10.7 Å². The first-order chi connectivity index (χ1) is 17.0. The lowest BCUT2D eigenvalue weighted by atomic mass is 10.2. The maximum absolute atomic E-state index is 12.0. The highest BCUT2D eigenvalue weighted by molar-refractivity contribution is 6.39. The lowest BCUT2D eigenvalue weighted by molar-refractivity contribution is -0.136. The van der Waals surface area contributed by atoms with Gasteiger partial charge in [0.2, 0.25) is 0 Å². The summed E-state index contributed by atoms with van der Waals surface area (Å²) in [5.74, 6) is 0.174. The summed E-state index contributed by atoms with van der Waals surface area (Å²) < 4.78 is 11.4. The van der Waals surface area contributed by atoms with Crippen molar-refractivity contribution in [1.82, 2.24) is 5.32 Å². The SMILES string of the molecule is O=C(NCc1ccc(C=Nc2ccc(OCc3ccccc3)cc2)o1)C(=O)Nc1cccc(Cl)c1. The van der Waals surface area contributed by atoms with E-state index < -0.39 is 11.8 Å². The van der Waals surface area contributed by atoms with E-state index in [9.17, 15) is 9.59 Å². The molecule has 7 nitrogen and oxygen atoms in total. The number of ether oxygens (including phenoxy) is 1. The molecule has 2 N–H and O–H groups in total. The second-order valence-corrected chi connectivity index (χ2v) is 7.91. The molecule has 0 saturated heterocycles. The Kier molecular flexibility index (Phi) is 7.93. The summed E-state index contributed by atoms with van der Waals surface area (Å²) in [7, 11) is 0. The van der Waals surface area contributed by atoms with Crippen LogP contribution in [0.15, 0.2) is 100 Å². The molecule has 4 aromatic rings. The quantitative estimate of drug-likeness (QED) is 0.253. The van der Waals surface area contributed by atoms with Gasteiger partial charge in [0.25, 0.3) is 0 Å². The van der Waals surface area contributed by atoms with Crippen molar-refractivity contribution in [1.29, 1.82) is 0 Å². The highest BCUT2D eigenvalue weighted by Crippen LogP contribution is 2.19. The normalized spacial score (nSPS) is 10.8. The van der Waals surface area contributed by atoms with Crippen LogP contribution < -0.4 is 15.4 Å². The molecule has 0 spiro atoms. The number of nitrogens with zero attached hydrogens (tertiary/aromatic N) is 1. The number of hydrogen-bond donors (Lipinski definition) is 2. The van der Waals surface area contributed by atoms with Gasteiger partial charge in [-0.1, -0.05) is 48.0 Å². The summed E-state index contributed by atoms with van der Waals surface area (Å²) >= 11 is 5.88. The highest BCUT2D eigenvalue weighted by atomic mass is 35.5. The van der Waals surface area contributed by atoms with Gasteiger partial charge in [0.1, 0.15) is 23.9 Å². The van der Waals surface area contributed by atoms with Crippen LogP contribution in [0.3, 0.4) is 0 Å². The zero-order valence-electron chi connectivity index (χ0n) is 18.6. The molecule has 1 aromatic heterocycles. The number of benzene rings is 3. The Balaban J connectivity index is 1.24. The van der Waals surface area contributed by atoms with E-state index in [1.165, 1.54) is 0 Å². The summed E-state index contributed by atoms with van der Waals surface area (Å²) in [6, 6.07) is 27.3. The van der Waals surface area contributed by atoms with Crippen molar-refractivity contribution < 1.29 is 18.7 Å². The van der Waals surface area contributed by atoms with Crippen molar-refractivity contribution in [2.24, 2.45) is 4.99 Å². The molecule has 0 aliphatic rings. The largest absolute Gasteiger partial charge is 0.489 e. The van der Waals surface area contributed by atoms with Crippen molar-refractivity contribution in [2.75, 3.05) is 5.32 Å². The van der Waals surface area contributed by atoms with E-state index in [4.69, 9.17) is 20.8 Å². The number of carbonyl (C=O) groups excluding carboxylic acids is 2. The molecule has 4 rings (SSSR count). The van der Waals surface area contributed by atoms with Crippen LogP contribution in [-0.4, -0.2) is 18.0 Å². The van der Waals surface area contributed by atoms with Gasteiger partial charge in [0.05, 0.1) is 18.4 Å². The first-order valence-electron chi connectivity index (χ1n) is 10.8.